The van der Waals surface area contributed by atoms with E-state index in [1.807, 2.05) is 39.0 Å². The molecular weight excluding hydrogens is 292 g/mol. The minimum Gasteiger partial charge on any atom is -0.493 e. The van der Waals surface area contributed by atoms with Crippen LogP contribution in [0.3, 0.4) is 0 Å². The maximum atomic E-state index is 11.7. The highest BCUT2D eigenvalue weighted by atomic mass is 35.5. The van der Waals surface area contributed by atoms with Crippen molar-refractivity contribution in [2.45, 2.75) is 39.3 Å². The van der Waals surface area contributed by atoms with E-state index in [2.05, 4.69) is 5.32 Å². The Morgan fingerprint density at radius 1 is 1.33 bits per heavy atom. The summed E-state index contributed by atoms with van der Waals surface area (Å²) in [6.07, 6.45) is 0.318. The maximum Gasteiger partial charge on any atom is 0.222 e. The Labute approximate surface area is 132 Å². The molecule has 21 heavy (non-hydrogen) atoms. The van der Waals surface area contributed by atoms with Crippen LogP contribution in [0.5, 0.6) is 11.5 Å². The number of carbonyl (C=O) groups excluding carboxylic acids is 1. The fraction of sp³-hybridized carbons (Fsp3) is 0.533. The van der Waals surface area contributed by atoms with Gasteiger partial charge in [-0.1, -0.05) is 6.07 Å². The molecule has 0 aromatic heterocycles. The molecule has 0 spiro atoms. The topological polar surface area (TPSA) is 73.6 Å². The van der Waals surface area contributed by atoms with Crippen molar-refractivity contribution >= 4 is 18.3 Å². The van der Waals surface area contributed by atoms with Gasteiger partial charge in [0, 0.05) is 12.5 Å². The molecule has 0 fully saturated rings. The van der Waals surface area contributed by atoms with E-state index >= 15 is 0 Å². The lowest BCUT2D eigenvalue weighted by molar-refractivity contribution is -0.122. The zero-order valence-electron chi connectivity index (χ0n) is 13.0. The van der Waals surface area contributed by atoms with E-state index in [1.165, 1.54) is 0 Å². The van der Waals surface area contributed by atoms with Gasteiger partial charge >= 0.3 is 0 Å². The summed E-state index contributed by atoms with van der Waals surface area (Å²) in [5.41, 5.74) is 6.57. The van der Waals surface area contributed by atoms with E-state index < -0.39 is 0 Å². The number of halogens is 1. The van der Waals surface area contributed by atoms with Crippen molar-refractivity contribution in [2.24, 2.45) is 5.73 Å². The van der Waals surface area contributed by atoms with Crippen molar-refractivity contribution in [1.82, 2.24) is 5.32 Å². The van der Waals surface area contributed by atoms with Gasteiger partial charge in [-0.05, 0) is 38.5 Å². The van der Waals surface area contributed by atoms with E-state index in [4.69, 9.17) is 15.2 Å². The molecule has 1 amide bonds. The second-order valence-electron chi connectivity index (χ2n) is 4.81. The highest BCUT2D eigenvalue weighted by molar-refractivity contribution is 5.85. The highest BCUT2D eigenvalue weighted by Crippen LogP contribution is 2.30. The van der Waals surface area contributed by atoms with E-state index in [9.17, 15) is 4.79 Å². The van der Waals surface area contributed by atoms with Crippen LogP contribution in [0.2, 0.25) is 0 Å². The first-order valence-corrected chi connectivity index (χ1v) is 6.83. The van der Waals surface area contributed by atoms with Gasteiger partial charge in [0.2, 0.25) is 5.91 Å². The van der Waals surface area contributed by atoms with Crippen molar-refractivity contribution in [3.63, 3.8) is 0 Å². The summed E-state index contributed by atoms with van der Waals surface area (Å²) >= 11 is 0. The predicted molar refractivity (Wildman–Crippen MR) is 86.2 cm³/mol. The average molecular weight is 317 g/mol. The molecule has 5 nitrogen and oxygen atoms in total. The average Bonchev–Trinajstić information content (AvgIpc) is 2.38. The van der Waals surface area contributed by atoms with Crippen LogP contribution in [0.15, 0.2) is 18.2 Å². The standard InChI is InChI=1S/C15H24N2O3.ClH/c1-5-20-13-7-6-12(9-14(13)19-4)11(3)17-15(18)8-10(2)16;/h6-7,9-11H,5,8,16H2,1-4H3,(H,17,18);1H. The molecule has 6 heteroatoms. The molecule has 0 radical (unpaired) electrons. The number of methoxy groups -OCH3 is 1. The number of hydrogen-bond acceptors (Lipinski definition) is 4. The first-order valence-electron chi connectivity index (χ1n) is 6.83. The monoisotopic (exact) mass is 316 g/mol. The van der Waals surface area contributed by atoms with Gasteiger partial charge in [-0.15, -0.1) is 12.4 Å². The summed E-state index contributed by atoms with van der Waals surface area (Å²) in [4.78, 5) is 11.7. The van der Waals surface area contributed by atoms with Crippen molar-refractivity contribution in [2.75, 3.05) is 13.7 Å². The number of amides is 1. The summed E-state index contributed by atoms with van der Waals surface area (Å²) < 4.78 is 10.8. The van der Waals surface area contributed by atoms with Crippen molar-refractivity contribution in [3.05, 3.63) is 23.8 Å². The van der Waals surface area contributed by atoms with Crippen LogP contribution in [0, 0.1) is 0 Å². The third kappa shape index (κ3) is 6.23. The molecule has 0 aliphatic rings. The second-order valence-corrected chi connectivity index (χ2v) is 4.81. The van der Waals surface area contributed by atoms with Gasteiger partial charge in [-0.2, -0.15) is 0 Å². The zero-order chi connectivity index (χ0) is 15.1. The minimum atomic E-state index is -0.142. The fourth-order valence-corrected chi connectivity index (χ4v) is 1.90. The molecule has 0 aliphatic carbocycles. The van der Waals surface area contributed by atoms with Crippen LogP contribution in [0.1, 0.15) is 38.8 Å². The van der Waals surface area contributed by atoms with Crippen LogP contribution in [0.4, 0.5) is 0 Å². The molecule has 3 N–H and O–H groups in total. The normalized spacial score (nSPS) is 12.8. The van der Waals surface area contributed by atoms with Gasteiger partial charge in [-0.25, -0.2) is 0 Å². The van der Waals surface area contributed by atoms with Gasteiger partial charge < -0.3 is 20.5 Å². The number of nitrogens with one attached hydrogen (secondary N) is 1. The van der Waals surface area contributed by atoms with Crippen molar-refractivity contribution < 1.29 is 14.3 Å². The van der Waals surface area contributed by atoms with Gasteiger partial charge in [0.25, 0.3) is 0 Å². The lowest BCUT2D eigenvalue weighted by Gasteiger charge is -2.17. The molecule has 0 aliphatic heterocycles. The summed E-state index contributed by atoms with van der Waals surface area (Å²) in [7, 11) is 1.60. The number of hydrogen-bond donors (Lipinski definition) is 2. The predicted octanol–water partition coefficient (Wildman–Crippen LogP) is 2.43. The first kappa shape index (κ1) is 19.5. The van der Waals surface area contributed by atoms with Gasteiger partial charge in [-0.3, -0.25) is 4.79 Å². The molecule has 0 saturated heterocycles. The van der Waals surface area contributed by atoms with Crippen molar-refractivity contribution in [3.8, 4) is 11.5 Å². The van der Waals surface area contributed by atoms with Gasteiger partial charge in [0.1, 0.15) is 0 Å². The number of carbonyl (C=O) groups is 1. The third-order valence-electron chi connectivity index (χ3n) is 2.87. The Morgan fingerprint density at radius 2 is 2.00 bits per heavy atom. The summed E-state index contributed by atoms with van der Waals surface area (Å²) in [5, 5.41) is 2.91. The Bertz CT molecular complexity index is 453. The number of rotatable bonds is 7. The van der Waals surface area contributed by atoms with E-state index in [-0.39, 0.29) is 30.4 Å². The Balaban J connectivity index is 0.00000400. The summed E-state index contributed by atoms with van der Waals surface area (Å²) in [6.45, 7) is 6.24. The minimum absolute atomic E-state index is 0. The quantitative estimate of drug-likeness (QED) is 0.810. The second kappa shape index (κ2) is 9.47. The maximum absolute atomic E-state index is 11.7. The fourth-order valence-electron chi connectivity index (χ4n) is 1.90. The molecule has 2 atom stereocenters. The number of ether oxygens (including phenoxy) is 2. The summed E-state index contributed by atoms with van der Waals surface area (Å²) in [5.74, 6) is 1.31. The Kier molecular flexibility index (Phi) is 8.81. The van der Waals surface area contributed by atoms with E-state index in [1.54, 1.807) is 7.11 Å². The number of benzene rings is 1. The van der Waals surface area contributed by atoms with E-state index in [0.29, 0.717) is 24.5 Å². The molecule has 1 rings (SSSR count). The van der Waals surface area contributed by atoms with Crippen LogP contribution >= 0.6 is 12.4 Å². The molecular formula is C15H25ClN2O3. The zero-order valence-corrected chi connectivity index (χ0v) is 13.8. The van der Waals surface area contributed by atoms with Crippen LogP contribution in [0.25, 0.3) is 0 Å². The van der Waals surface area contributed by atoms with Crippen LogP contribution < -0.4 is 20.5 Å². The smallest absolute Gasteiger partial charge is 0.222 e. The molecule has 1 aromatic rings. The lowest BCUT2D eigenvalue weighted by atomic mass is 10.1. The van der Waals surface area contributed by atoms with E-state index in [0.717, 1.165) is 5.56 Å². The lowest BCUT2D eigenvalue weighted by Crippen LogP contribution is -2.31. The van der Waals surface area contributed by atoms with Crippen LogP contribution in [-0.4, -0.2) is 25.7 Å². The highest BCUT2D eigenvalue weighted by Gasteiger charge is 2.13. The van der Waals surface area contributed by atoms with Gasteiger partial charge in [0.05, 0.1) is 19.8 Å². The Morgan fingerprint density at radius 3 is 2.52 bits per heavy atom. The molecule has 120 valence electrons. The molecule has 1 aromatic carbocycles. The molecule has 0 saturated carbocycles. The Hall–Kier alpha value is -1.46. The number of nitrogens with two attached hydrogens (primary N) is 1. The van der Waals surface area contributed by atoms with Crippen LogP contribution in [-0.2, 0) is 4.79 Å². The third-order valence-corrected chi connectivity index (χ3v) is 2.87. The molecule has 0 heterocycles. The molecule has 0 bridgehead atoms. The molecule has 2 unspecified atom stereocenters. The van der Waals surface area contributed by atoms with Crippen molar-refractivity contribution in [1.29, 1.82) is 0 Å². The SMILES string of the molecule is CCOc1ccc(C(C)NC(=O)CC(C)N)cc1OC.Cl. The van der Waals surface area contributed by atoms with Gasteiger partial charge in [0.15, 0.2) is 11.5 Å². The summed E-state index contributed by atoms with van der Waals surface area (Å²) in [6, 6.07) is 5.40. The first-order chi connectivity index (χ1) is 9.47. The largest absolute Gasteiger partial charge is 0.493 e.